The number of carbonyl (C=O) groups is 1. The molecule has 0 unspecified atom stereocenters. The summed E-state index contributed by atoms with van der Waals surface area (Å²) in [4.78, 5) is 11.7. The summed E-state index contributed by atoms with van der Waals surface area (Å²) in [5, 5.41) is 3.82. The van der Waals surface area contributed by atoms with Crippen molar-refractivity contribution in [3.05, 3.63) is 34.1 Å². The Bertz CT molecular complexity index is 378. The summed E-state index contributed by atoms with van der Waals surface area (Å²) in [6.45, 7) is 0.634. The Balaban J connectivity index is 2.32. The maximum Gasteiger partial charge on any atom is 0.251 e. The van der Waals surface area contributed by atoms with Crippen LogP contribution in [0.3, 0.4) is 0 Å². The molecule has 0 fully saturated rings. The van der Waals surface area contributed by atoms with Crippen molar-refractivity contribution in [1.29, 1.82) is 0 Å². The summed E-state index contributed by atoms with van der Waals surface area (Å²) in [5.41, 5.74) is 0.349. The van der Waals surface area contributed by atoms with Gasteiger partial charge in [-0.05, 0) is 31.0 Å². The average Bonchev–Trinajstić information content (AvgIpc) is 2.32. The monoisotopic (exact) mass is 379 g/mol. The van der Waals surface area contributed by atoms with Crippen LogP contribution in [0.15, 0.2) is 22.7 Å². The molecule has 0 spiro atoms. The molecule has 2 nitrogen and oxygen atoms in total. The summed E-state index contributed by atoms with van der Waals surface area (Å²) in [5.74, 6) is -0.637. The molecule has 100 valence electrons. The van der Waals surface area contributed by atoms with E-state index in [0.29, 0.717) is 16.6 Å². The van der Waals surface area contributed by atoms with Crippen molar-refractivity contribution in [2.45, 2.75) is 25.7 Å². The second-order valence-electron chi connectivity index (χ2n) is 4.02. The number of rotatable bonds is 7. The average molecular weight is 381 g/mol. The fourth-order valence-electron chi connectivity index (χ4n) is 1.56. The molecular weight excluding hydrogens is 365 g/mol. The zero-order valence-electron chi connectivity index (χ0n) is 10.0. The standard InChI is InChI=1S/C13H16Br2FNO/c14-5-3-1-2-4-6-17-13(18)10-7-11(15)9-12(16)8-10/h7-9H,1-6H2,(H,17,18). The van der Waals surface area contributed by atoms with E-state index in [9.17, 15) is 9.18 Å². The highest BCUT2D eigenvalue weighted by Gasteiger charge is 2.07. The molecule has 1 amide bonds. The predicted octanol–water partition coefficient (Wildman–Crippen LogP) is 4.27. The Kier molecular flexibility index (Phi) is 7.51. The van der Waals surface area contributed by atoms with Crippen LogP contribution in [0.4, 0.5) is 4.39 Å². The molecule has 1 N–H and O–H groups in total. The molecule has 0 saturated carbocycles. The van der Waals surface area contributed by atoms with Crippen LogP contribution in [0, 0.1) is 5.82 Å². The number of alkyl halides is 1. The van der Waals surface area contributed by atoms with Crippen molar-refractivity contribution in [1.82, 2.24) is 5.32 Å². The zero-order chi connectivity index (χ0) is 13.4. The quantitative estimate of drug-likeness (QED) is 0.555. The molecule has 1 rings (SSSR count). The van der Waals surface area contributed by atoms with Gasteiger partial charge in [-0.2, -0.15) is 0 Å². The number of amides is 1. The van der Waals surface area contributed by atoms with Crippen molar-refractivity contribution in [3.8, 4) is 0 Å². The van der Waals surface area contributed by atoms with Gasteiger partial charge in [0, 0.05) is 21.9 Å². The van der Waals surface area contributed by atoms with Gasteiger partial charge in [0.2, 0.25) is 0 Å². The molecule has 0 saturated heterocycles. The van der Waals surface area contributed by atoms with E-state index >= 15 is 0 Å². The second kappa shape index (κ2) is 8.64. The molecule has 0 aliphatic heterocycles. The van der Waals surface area contributed by atoms with Crippen LogP contribution in [-0.4, -0.2) is 17.8 Å². The first-order valence-corrected chi connectivity index (χ1v) is 7.85. The number of hydrogen-bond acceptors (Lipinski definition) is 1. The lowest BCUT2D eigenvalue weighted by molar-refractivity contribution is 0.0952. The molecule has 0 aromatic heterocycles. The molecule has 0 atom stereocenters. The fraction of sp³-hybridized carbons (Fsp3) is 0.462. The zero-order valence-corrected chi connectivity index (χ0v) is 13.2. The van der Waals surface area contributed by atoms with E-state index in [1.807, 2.05) is 0 Å². The molecule has 1 aromatic rings. The van der Waals surface area contributed by atoms with E-state index in [0.717, 1.165) is 31.0 Å². The van der Waals surface area contributed by atoms with Crippen LogP contribution in [-0.2, 0) is 0 Å². The van der Waals surface area contributed by atoms with Gasteiger partial charge in [-0.1, -0.05) is 44.7 Å². The van der Waals surface area contributed by atoms with Gasteiger partial charge in [-0.25, -0.2) is 4.39 Å². The second-order valence-corrected chi connectivity index (χ2v) is 5.73. The van der Waals surface area contributed by atoms with Crippen molar-refractivity contribution in [3.63, 3.8) is 0 Å². The highest BCUT2D eigenvalue weighted by molar-refractivity contribution is 9.10. The molecule has 0 aliphatic rings. The number of benzene rings is 1. The normalized spacial score (nSPS) is 10.4. The topological polar surface area (TPSA) is 29.1 Å². The van der Waals surface area contributed by atoms with Gasteiger partial charge in [0.1, 0.15) is 5.82 Å². The van der Waals surface area contributed by atoms with E-state index in [1.165, 1.54) is 12.1 Å². The SMILES string of the molecule is O=C(NCCCCCCBr)c1cc(F)cc(Br)c1. The Hall–Kier alpha value is -0.420. The van der Waals surface area contributed by atoms with E-state index < -0.39 is 5.82 Å². The number of carbonyl (C=O) groups excluding carboxylic acids is 1. The van der Waals surface area contributed by atoms with Crippen LogP contribution in [0.2, 0.25) is 0 Å². The third-order valence-corrected chi connectivity index (χ3v) is 3.49. The number of hydrogen-bond donors (Lipinski definition) is 1. The van der Waals surface area contributed by atoms with Crippen LogP contribution < -0.4 is 5.32 Å². The highest BCUT2D eigenvalue weighted by atomic mass is 79.9. The van der Waals surface area contributed by atoms with Gasteiger partial charge >= 0.3 is 0 Å². The summed E-state index contributed by atoms with van der Waals surface area (Å²) in [7, 11) is 0. The van der Waals surface area contributed by atoms with Crippen molar-refractivity contribution in [2.24, 2.45) is 0 Å². The molecule has 18 heavy (non-hydrogen) atoms. The van der Waals surface area contributed by atoms with Crippen molar-refractivity contribution in [2.75, 3.05) is 11.9 Å². The third-order valence-electron chi connectivity index (χ3n) is 2.47. The van der Waals surface area contributed by atoms with Crippen LogP contribution in [0.1, 0.15) is 36.0 Å². The van der Waals surface area contributed by atoms with E-state index in [1.54, 1.807) is 6.07 Å². The van der Waals surface area contributed by atoms with Gasteiger partial charge in [0.25, 0.3) is 5.91 Å². The number of halogens is 3. The predicted molar refractivity (Wildman–Crippen MR) is 78.7 cm³/mol. The minimum Gasteiger partial charge on any atom is -0.352 e. The van der Waals surface area contributed by atoms with Gasteiger partial charge < -0.3 is 5.32 Å². The molecule has 0 bridgehead atoms. The Morgan fingerprint density at radius 3 is 2.56 bits per heavy atom. The van der Waals surface area contributed by atoms with Crippen LogP contribution in [0.5, 0.6) is 0 Å². The van der Waals surface area contributed by atoms with E-state index in [-0.39, 0.29) is 5.91 Å². The minimum atomic E-state index is -0.410. The summed E-state index contributed by atoms with van der Waals surface area (Å²) in [6.07, 6.45) is 4.37. The third kappa shape index (κ3) is 5.96. The Labute approximate surface area is 124 Å². The summed E-state index contributed by atoms with van der Waals surface area (Å²) in [6, 6.07) is 4.19. The Morgan fingerprint density at radius 2 is 1.89 bits per heavy atom. The molecular formula is C13H16Br2FNO. The van der Waals surface area contributed by atoms with E-state index in [2.05, 4.69) is 37.2 Å². The first-order valence-electron chi connectivity index (χ1n) is 5.93. The minimum absolute atomic E-state index is 0.226. The van der Waals surface area contributed by atoms with Gasteiger partial charge in [0.05, 0.1) is 0 Å². The number of unbranched alkanes of at least 4 members (excludes halogenated alkanes) is 3. The largest absolute Gasteiger partial charge is 0.352 e. The highest BCUT2D eigenvalue weighted by Crippen LogP contribution is 2.14. The smallest absolute Gasteiger partial charge is 0.251 e. The molecule has 5 heteroatoms. The molecule has 0 radical (unpaired) electrons. The van der Waals surface area contributed by atoms with Gasteiger partial charge in [-0.3, -0.25) is 4.79 Å². The first kappa shape index (κ1) is 15.6. The lowest BCUT2D eigenvalue weighted by Gasteiger charge is -2.05. The van der Waals surface area contributed by atoms with E-state index in [4.69, 9.17) is 0 Å². The lowest BCUT2D eigenvalue weighted by Crippen LogP contribution is -2.24. The van der Waals surface area contributed by atoms with Crippen molar-refractivity contribution >= 4 is 37.8 Å². The fourth-order valence-corrected chi connectivity index (χ4v) is 2.42. The number of nitrogens with one attached hydrogen (secondary N) is 1. The Morgan fingerprint density at radius 1 is 1.17 bits per heavy atom. The van der Waals surface area contributed by atoms with Crippen molar-refractivity contribution < 1.29 is 9.18 Å². The first-order chi connectivity index (χ1) is 8.63. The molecule has 0 heterocycles. The van der Waals surface area contributed by atoms with Gasteiger partial charge in [0.15, 0.2) is 0 Å². The van der Waals surface area contributed by atoms with Crippen LogP contribution in [0.25, 0.3) is 0 Å². The summed E-state index contributed by atoms with van der Waals surface area (Å²) < 4.78 is 13.7. The van der Waals surface area contributed by atoms with Crippen LogP contribution >= 0.6 is 31.9 Å². The summed E-state index contributed by atoms with van der Waals surface area (Å²) >= 11 is 6.54. The maximum absolute atomic E-state index is 13.1. The lowest BCUT2D eigenvalue weighted by atomic mass is 10.2. The molecule has 0 aliphatic carbocycles. The molecule has 1 aromatic carbocycles. The van der Waals surface area contributed by atoms with Gasteiger partial charge in [-0.15, -0.1) is 0 Å². The maximum atomic E-state index is 13.1.